The van der Waals surface area contributed by atoms with Crippen LogP contribution >= 0.6 is 0 Å². The number of amides is 1. The Kier molecular flexibility index (Phi) is 5.85. The van der Waals surface area contributed by atoms with Crippen LogP contribution in [-0.2, 0) is 6.42 Å². The van der Waals surface area contributed by atoms with Crippen LogP contribution in [0.15, 0.2) is 79.1 Å². The Morgan fingerprint density at radius 3 is 2.67 bits per heavy atom. The molecule has 0 radical (unpaired) electrons. The third-order valence-corrected chi connectivity index (χ3v) is 4.82. The van der Waals surface area contributed by atoms with Gasteiger partial charge in [-0.15, -0.1) is 0 Å². The van der Waals surface area contributed by atoms with E-state index in [9.17, 15) is 4.79 Å². The Balaban J connectivity index is 1.39. The van der Waals surface area contributed by atoms with Crippen LogP contribution in [0.1, 0.15) is 15.9 Å². The third-order valence-electron chi connectivity index (χ3n) is 4.82. The number of hydrogen-bond acceptors (Lipinski definition) is 4. The first-order valence-corrected chi connectivity index (χ1v) is 9.70. The lowest BCUT2D eigenvalue weighted by Crippen LogP contribution is -2.25. The van der Waals surface area contributed by atoms with Crippen molar-refractivity contribution in [1.82, 2.24) is 20.5 Å². The van der Waals surface area contributed by atoms with Crippen LogP contribution in [0, 0.1) is 0 Å². The monoisotopic (exact) mass is 398 g/mol. The second kappa shape index (κ2) is 9.05. The fourth-order valence-corrected chi connectivity index (χ4v) is 3.17. The Labute approximate surface area is 175 Å². The van der Waals surface area contributed by atoms with Crippen molar-refractivity contribution in [1.29, 1.82) is 0 Å². The molecule has 0 aliphatic heterocycles. The summed E-state index contributed by atoms with van der Waals surface area (Å²) in [6.07, 6.45) is 4.30. The summed E-state index contributed by atoms with van der Waals surface area (Å²) >= 11 is 0. The molecule has 0 atom stereocenters. The lowest BCUT2D eigenvalue weighted by molar-refractivity contribution is 0.0954. The lowest BCUT2D eigenvalue weighted by Gasteiger charge is -2.06. The Hall–Kier alpha value is -3.93. The number of carbonyl (C=O) groups excluding carboxylic acids is 1. The van der Waals surface area contributed by atoms with E-state index < -0.39 is 0 Å². The zero-order valence-corrected chi connectivity index (χ0v) is 16.6. The molecule has 2 heterocycles. The van der Waals surface area contributed by atoms with Gasteiger partial charge in [-0.1, -0.05) is 30.3 Å². The third kappa shape index (κ3) is 4.55. The first-order chi connectivity index (χ1) is 14.7. The van der Waals surface area contributed by atoms with Gasteiger partial charge < -0.3 is 10.1 Å². The predicted molar refractivity (Wildman–Crippen MR) is 116 cm³/mol. The molecule has 0 aliphatic rings. The minimum Gasteiger partial charge on any atom is -0.497 e. The van der Waals surface area contributed by atoms with Crippen molar-refractivity contribution < 1.29 is 9.53 Å². The minimum absolute atomic E-state index is 0.0906. The van der Waals surface area contributed by atoms with E-state index in [0.29, 0.717) is 12.1 Å². The van der Waals surface area contributed by atoms with Gasteiger partial charge in [-0.3, -0.25) is 14.9 Å². The maximum Gasteiger partial charge on any atom is 0.251 e. The predicted octanol–water partition coefficient (Wildman–Crippen LogP) is 4.12. The summed E-state index contributed by atoms with van der Waals surface area (Å²) in [6.45, 7) is 0.566. The standard InChI is InChI=1S/C24H22N4O2/c1-30-21-6-2-5-20(14-21)23-15-22(27-28-23)18-7-9-19(10-8-18)24(29)26-13-11-17-4-3-12-25-16-17/h2-10,12,14-16H,11,13H2,1H3,(H,26,29)(H,27,28). The first-order valence-electron chi connectivity index (χ1n) is 9.70. The summed E-state index contributed by atoms with van der Waals surface area (Å²) in [5.41, 5.74) is 5.37. The van der Waals surface area contributed by atoms with E-state index in [1.165, 1.54) is 0 Å². The Bertz CT molecular complexity index is 1120. The van der Waals surface area contributed by atoms with E-state index in [1.807, 2.05) is 72.9 Å². The van der Waals surface area contributed by atoms with Crippen molar-refractivity contribution in [3.63, 3.8) is 0 Å². The number of nitrogens with one attached hydrogen (secondary N) is 2. The fraction of sp³-hybridized carbons (Fsp3) is 0.125. The average Bonchev–Trinajstić information content (AvgIpc) is 3.30. The number of ether oxygens (including phenoxy) is 1. The normalized spacial score (nSPS) is 10.6. The van der Waals surface area contributed by atoms with Crippen LogP contribution in [0.25, 0.3) is 22.5 Å². The van der Waals surface area contributed by atoms with E-state index in [2.05, 4.69) is 20.5 Å². The van der Waals surface area contributed by atoms with Gasteiger partial charge in [-0.25, -0.2) is 0 Å². The number of pyridine rings is 1. The van der Waals surface area contributed by atoms with Crippen LogP contribution in [0.5, 0.6) is 5.75 Å². The van der Waals surface area contributed by atoms with Crippen LogP contribution in [-0.4, -0.2) is 34.7 Å². The largest absolute Gasteiger partial charge is 0.497 e. The Morgan fingerprint density at radius 2 is 1.90 bits per heavy atom. The molecule has 1 amide bonds. The van der Waals surface area contributed by atoms with E-state index in [0.717, 1.165) is 40.2 Å². The molecule has 0 aliphatic carbocycles. The number of nitrogens with zero attached hydrogens (tertiary/aromatic N) is 2. The Morgan fingerprint density at radius 1 is 1.03 bits per heavy atom. The highest BCUT2D eigenvalue weighted by Crippen LogP contribution is 2.26. The zero-order chi connectivity index (χ0) is 20.8. The molecule has 6 nitrogen and oxygen atoms in total. The number of methoxy groups -OCH3 is 1. The van der Waals surface area contributed by atoms with E-state index in [1.54, 1.807) is 13.3 Å². The molecule has 4 rings (SSSR count). The molecule has 6 heteroatoms. The summed E-state index contributed by atoms with van der Waals surface area (Å²) < 4.78 is 5.28. The maximum absolute atomic E-state index is 12.4. The van der Waals surface area contributed by atoms with Crippen LogP contribution in [0.3, 0.4) is 0 Å². The number of H-pyrrole nitrogens is 1. The number of carbonyl (C=O) groups is 1. The highest BCUT2D eigenvalue weighted by atomic mass is 16.5. The van der Waals surface area contributed by atoms with Gasteiger partial charge in [0.1, 0.15) is 5.75 Å². The lowest BCUT2D eigenvalue weighted by atomic mass is 10.1. The molecule has 0 saturated heterocycles. The van der Waals surface area contributed by atoms with Crippen LogP contribution in [0.4, 0.5) is 0 Å². The van der Waals surface area contributed by atoms with Crippen LogP contribution in [0.2, 0.25) is 0 Å². The minimum atomic E-state index is -0.0906. The zero-order valence-electron chi connectivity index (χ0n) is 16.6. The second-order valence-corrected chi connectivity index (χ2v) is 6.84. The summed E-state index contributed by atoms with van der Waals surface area (Å²) in [7, 11) is 1.64. The van der Waals surface area contributed by atoms with Crippen LogP contribution < -0.4 is 10.1 Å². The fourth-order valence-electron chi connectivity index (χ4n) is 3.17. The van der Waals surface area contributed by atoms with Gasteiger partial charge in [0.25, 0.3) is 5.91 Å². The number of rotatable bonds is 7. The van der Waals surface area contributed by atoms with Crippen molar-refractivity contribution in [3.8, 4) is 28.3 Å². The number of benzene rings is 2. The van der Waals surface area contributed by atoms with Gasteiger partial charge in [0, 0.05) is 30.1 Å². The molecule has 2 N–H and O–H groups in total. The van der Waals surface area contributed by atoms with Crippen molar-refractivity contribution in [2.75, 3.05) is 13.7 Å². The molecule has 0 saturated carbocycles. The topological polar surface area (TPSA) is 79.9 Å². The average molecular weight is 398 g/mol. The van der Waals surface area contributed by atoms with Crippen molar-refractivity contribution in [3.05, 3.63) is 90.3 Å². The van der Waals surface area contributed by atoms with Gasteiger partial charge in [0.2, 0.25) is 0 Å². The molecule has 0 fully saturated rings. The molecule has 150 valence electrons. The second-order valence-electron chi connectivity index (χ2n) is 6.84. The molecule has 0 spiro atoms. The SMILES string of the molecule is COc1cccc(-c2cc(-c3ccc(C(=O)NCCc4cccnc4)cc3)[nH]n2)c1. The maximum atomic E-state index is 12.4. The van der Waals surface area contributed by atoms with Crippen molar-refractivity contribution in [2.45, 2.75) is 6.42 Å². The van der Waals surface area contributed by atoms with Gasteiger partial charge in [0.05, 0.1) is 18.5 Å². The molecule has 2 aromatic carbocycles. The highest BCUT2D eigenvalue weighted by Gasteiger charge is 2.09. The highest BCUT2D eigenvalue weighted by molar-refractivity contribution is 5.94. The molecule has 0 unspecified atom stereocenters. The molecular formula is C24H22N4O2. The molecule has 2 aromatic heterocycles. The van der Waals surface area contributed by atoms with E-state index >= 15 is 0 Å². The first kappa shape index (κ1) is 19.4. The molecule has 30 heavy (non-hydrogen) atoms. The van der Waals surface area contributed by atoms with E-state index in [-0.39, 0.29) is 5.91 Å². The number of aromatic nitrogens is 3. The van der Waals surface area contributed by atoms with Gasteiger partial charge in [-0.05, 0) is 53.9 Å². The molecule has 4 aromatic rings. The smallest absolute Gasteiger partial charge is 0.251 e. The van der Waals surface area contributed by atoms with Gasteiger partial charge in [0.15, 0.2) is 0 Å². The molecule has 0 bridgehead atoms. The summed E-state index contributed by atoms with van der Waals surface area (Å²) in [5, 5.41) is 10.4. The van der Waals surface area contributed by atoms with Crippen molar-refractivity contribution in [2.24, 2.45) is 0 Å². The van der Waals surface area contributed by atoms with E-state index in [4.69, 9.17) is 4.74 Å². The number of aromatic amines is 1. The summed E-state index contributed by atoms with van der Waals surface area (Å²) in [5.74, 6) is 0.697. The van der Waals surface area contributed by atoms with Crippen molar-refractivity contribution >= 4 is 5.91 Å². The summed E-state index contributed by atoms with van der Waals surface area (Å²) in [4.78, 5) is 16.5. The molecular weight excluding hydrogens is 376 g/mol. The van der Waals surface area contributed by atoms with Gasteiger partial charge >= 0.3 is 0 Å². The van der Waals surface area contributed by atoms with Gasteiger partial charge in [-0.2, -0.15) is 5.10 Å². The number of hydrogen-bond donors (Lipinski definition) is 2. The quantitative estimate of drug-likeness (QED) is 0.491. The summed E-state index contributed by atoms with van der Waals surface area (Å²) in [6, 6.07) is 21.1.